The molecule has 2 aromatic rings. The number of nitrogens with zero attached hydrogens (tertiary/aromatic N) is 3. The molecule has 3 heteroatoms. The van der Waals surface area contributed by atoms with Crippen molar-refractivity contribution < 1.29 is 0 Å². The first kappa shape index (κ1) is 37.4. The van der Waals surface area contributed by atoms with Crippen LogP contribution >= 0.6 is 0 Å². The molecular formula is C41H63N3. The van der Waals surface area contributed by atoms with Crippen LogP contribution in [0.2, 0.25) is 0 Å². The largest absolute Gasteiger partial charge is 0.301 e. The maximum Gasteiger partial charge on any atom is 0.0456 e. The second-order valence-electron chi connectivity index (χ2n) is 12.5. The summed E-state index contributed by atoms with van der Waals surface area (Å²) in [6, 6.07) is 20.0. The van der Waals surface area contributed by atoms with Crippen LogP contribution in [0.25, 0.3) is 11.1 Å². The topological polar surface area (TPSA) is 28.0 Å². The standard InChI is InChI=1S/C14H14.C8H16.C7H15N.C7H10.C5H8N2/c1-2-12-8-10-14(11-9-12)13-6-4-3-5-7-13;1-2-8-6-4-3-5-7-8;1-7(2)8-5-3-4-6-8;1-2-7-5-3-4-6-7;1-2-5-3-4-6-7-5/h3-11H,2H2,1H3;8H,2-7H2,1H3;7H,3-6H2,1-2H3;3-5H,2,6H2,1H3;4H,2-3H2,1H3. The Hall–Kier alpha value is -2.78. The third-order valence-corrected chi connectivity index (χ3v) is 8.96. The van der Waals surface area contributed by atoms with Gasteiger partial charge in [0.05, 0.1) is 0 Å². The lowest BCUT2D eigenvalue weighted by Crippen LogP contribution is -2.26. The van der Waals surface area contributed by atoms with Crippen molar-refractivity contribution in [3.05, 3.63) is 84.0 Å². The summed E-state index contributed by atoms with van der Waals surface area (Å²) in [4.78, 5) is 2.53. The van der Waals surface area contributed by atoms with E-state index in [0.717, 1.165) is 31.2 Å². The molecule has 0 amide bonds. The summed E-state index contributed by atoms with van der Waals surface area (Å²) >= 11 is 0. The van der Waals surface area contributed by atoms with E-state index < -0.39 is 0 Å². The molecule has 1 saturated heterocycles. The predicted molar refractivity (Wildman–Crippen MR) is 197 cm³/mol. The molecule has 1 saturated carbocycles. The molecule has 2 aliphatic carbocycles. The first-order valence-corrected chi connectivity index (χ1v) is 17.8. The number of benzene rings is 2. The summed E-state index contributed by atoms with van der Waals surface area (Å²) in [5, 5.41) is 7.54. The van der Waals surface area contributed by atoms with Crippen molar-refractivity contribution in [1.82, 2.24) is 4.90 Å². The summed E-state index contributed by atoms with van der Waals surface area (Å²) in [5.41, 5.74) is 6.72. The van der Waals surface area contributed by atoms with Crippen molar-refractivity contribution in [2.45, 2.75) is 131 Å². The first-order valence-electron chi connectivity index (χ1n) is 17.8. The Morgan fingerprint density at radius 1 is 0.727 bits per heavy atom. The van der Waals surface area contributed by atoms with Gasteiger partial charge in [-0.15, -0.1) is 0 Å². The second-order valence-corrected chi connectivity index (χ2v) is 12.5. The molecule has 0 unspecified atom stereocenters. The Balaban J connectivity index is 0.000000198. The molecule has 0 N–H and O–H groups in total. The minimum atomic E-state index is 0.775. The van der Waals surface area contributed by atoms with Gasteiger partial charge in [-0.05, 0) is 88.1 Å². The normalized spacial score (nSPS) is 17.2. The third-order valence-electron chi connectivity index (χ3n) is 8.96. The molecule has 242 valence electrons. The lowest BCUT2D eigenvalue weighted by atomic mass is 9.88. The van der Waals surface area contributed by atoms with Crippen LogP contribution in [0.3, 0.4) is 0 Å². The fourth-order valence-electron chi connectivity index (χ4n) is 5.70. The summed E-state index contributed by atoms with van der Waals surface area (Å²) < 4.78 is 0. The van der Waals surface area contributed by atoms with Crippen LogP contribution in [-0.4, -0.2) is 36.0 Å². The average Bonchev–Trinajstić information content (AvgIpc) is 3.91. The minimum absolute atomic E-state index is 0.775. The molecule has 2 heterocycles. The van der Waals surface area contributed by atoms with Crippen molar-refractivity contribution in [1.29, 1.82) is 0 Å². The molecular weight excluding hydrogens is 534 g/mol. The maximum absolute atomic E-state index is 3.84. The van der Waals surface area contributed by atoms with Crippen molar-refractivity contribution in [2.75, 3.05) is 13.1 Å². The Labute approximate surface area is 271 Å². The van der Waals surface area contributed by atoms with E-state index in [-0.39, 0.29) is 0 Å². The van der Waals surface area contributed by atoms with Gasteiger partial charge in [0, 0.05) is 24.4 Å². The molecule has 2 aliphatic heterocycles. The Kier molecular flexibility index (Phi) is 20.0. The van der Waals surface area contributed by atoms with Gasteiger partial charge in [-0.2, -0.15) is 10.2 Å². The lowest BCUT2D eigenvalue weighted by Gasteiger charge is -2.18. The van der Waals surface area contributed by atoms with Crippen molar-refractivity contribution in [3.63, 3.8) is 0 Å². The summed E-state index contributed by atoms with van der Waals surface area (Å²) in [6.45, 7) is 16.0. The predicted octanol–water partition coefficient (Wildman–Crippen LogP) is 11.9. The van der Waals surface area contributed by atoms with Gasteiger partial charge < -0.3 is 4.90 Å². The van der Waals surface area contributed by atoms with Gasteiger partial charge in [-0.3, -0.25) is 0 Å². The van der Waals surface area contributed by atoms with E-state index in [9.17, 15) is 0 Å². The third kappa shape index (κ3) is 15.8. The van der Waals surface area contributed by atoms with Gasteiger partial charge in [-0.25, -0.2) is 0 Å². The van der Waals surface area contributed by atoms with E-state index in [2.05, 4.69) is 123 Å². The molecule has 0 aromatic heterocycles. The van der Waals surface area contributed by atoms with Gasteiger partial charge >= 0.3 is 0 Å². The highest BCUT2D eigenvalue weighted by atomic mass is 15.2. The molecule has 0 spiro atoms. The van der Waals surface area contributed by atoms with Crippen LogP contribution < -0.4 is 0 Å². The Bertz CT molecular complexity index is 1070. The SMILES string of the molecule is CC(C)N1CCCC1.CCC1=CC=CC1.CCC1=NN=CC1.CCC1CCCCC1.CCc1ccc(-c2ccccc2)cc1. The highest BCUT2D eigenvalue weighted by Gasteiger charge is 2.13. The van der Waals surface area contributed by atoms with Crippen LogP contribution in [0.5, 0.6) is 0 Å². The van der Waals surface area contributed by atoms with Gasteiger partial charge in [0.2, 0.25) is 0 Å². The van der Waals surface area contributed by atoms with Crippen LogP contribution in [0.1, 0.15) is 124 Å². The molecule has 4 aliphatic rings. The maximum atomic E-state index is 3.84. The zero-order valence-corrected chi connectivity index (χ0v) is 29.1. The number of aryl methyl sites for hydroxylation is 1. The van der Waals surface area contributed by atoms with Crippen LogP contribution in [0.15, 0.2) is 88.6 Å². The van der Waals surface area contributed by atoms with E-state index in [1.165, 1.54) is 99.7 Å². The molecule has 0 bridgehead atoms. The molecule has 6 rings (SSSR count). The second kappa shape index (κ2) is 23.6. The zero-order valence-electron chi connectivity index (χ0n) is 29.1. The van der Waals surface area contributed by atoms with Gasteiger partial charge in [-0.1, -0.05) is 145 Å². The first-order chi connectivity index (χ1) is 21.5. The summed E-state index contributed by atoms with van der Waals surface area (Å²) in [5.74, 6) is 1.09. The van der Waals surface area contributed by atoms with Gasteiger partial charge in [0.1, 0.15) is 0 Å². The molecule has 2 aromatic carbocycles. The Morgan fingerprint density at radius 2 is 1.39 bits per heavy atom. The van der Waals surface area contributed by atoms with Crippen molar-refractivity contribution >= 4 is 11.9 Å². The number of hydrogen-bond acceptors (Lipinski definition) is 3. The summed E-state index contributed by atoms with van der Waals surface area (Å²) in [6.07, 6.45) is 25.6. The number of rotatable bonds is 6. The molecule has 2 fully saturated rings. The van der Waals surface area contributed by atoms with Crippen LogP contribution in [-0.2, 0) is 6.42 Å². The molecule has 0 radical (unpaired) electrons. The van der Waals surface area contributed by atoms with Crippen molar-refractivity contribution in [2.24, 2.45) is 16.1 Å². The highest BCUT2D eigenvalue weighted by Crippen LogP contribution is 2.25. The highest BCUT2D eigenvalue weighted by molar-refractivity contribution is 5.97. The Morgan fingerprint density at radius 3 is 1.77 bits per heavy atom. The lowest BCUT2D eigenvalue weighted by molar-refractivity contribution is 0.276. The molecule has 3 nitrogen and oxygen atoms in total. The fourth-order valence-corrected chi connectivity index (χ4v) is 5.70. The minimum Gasteiger partial charge on any atom is -0.301 e. The number of allylic oxidation sites excluding steroid dienone is 4. The van der Waals surface area contributed by atoms with E-state index in [4.69, 9.17) is 0 Å². The zero-order chi connectivity index (χ0) is 31.8. The van der Waals surface area contributed by atoms with E-state index in [1.54, 1.807) is 5.57 Å². The van der Waals surface area contributed by atoms with E-state index in [1.807, 2.05) is 12.3 Å². The van der Waals surface area contributed by atoms with Gasteiger partial charge in [0.25, 0.3) is 0 Å². The smallest absolute Gasteiger partial charge is 0.0456 e. The quantitative estimate of drug-likeness (QED) is 0.325. The average molecular weight is 598 g/mol. The molecule has 44 heavy (non-hydrogen) atoms. The van der Waals surface area contributed by atoms with Crippen LogP contribution in [0.4, 0.5) is 0 Å². The van der Waals surface area contributed by atoms with Crippen LogP contribution in [0, 0.1) is 5.92 Å². The number of hydrogen-bond donors (Lipinski definition) is 0. The fraction of sp³-hybridized carbons (Fsp3) is 0.561. The molecule has 0 atom stereocenters. The van der Waals surface area contributed by atoms with E-state index >= 15 is 0 Å². The number of likely N-dealkylation sites (tertiary alicyclic amines) is 1. The van der Waals surface area contributed by atoms with E-state index in [0.29, 0.717) is 0 Å². The monoisotopic (exact) mass is 598 g/mol. The van der Waals surface area contributed by atoms with Crippen molar-refractivity contribution in [3.8, 4) is 11.1 Å². The van der Waals surface area contributed by atoms with Gasteiger partial charge in [0.15, 0.2) is 0 Å². The summed E-state index contributed by atoms with van der Waals surface area (Å²) in [7, 11) is 0.